The number of likely N-dealkylation sites (tertiary alicyclic amines) is 1. The van der Waals surface area contributed by atoms with Gasteiger partial charge in [0.25, 0.3) is 0 Å². The van der Waals surface area contributed by atoms with E-state index in [1.165, 1.54) is 5.56 Å². The Labute approximate surface area is 183 Å². The first kappa shape index (κ1) is 20.9. The molecule has 4 rings (SSSR count). The summed E-state index contributed by atoms with van der Waals surface area (Å²) in [5, 5.41) is 3.11. The van der Waals surface area contributed by atoms with Crippen LogP contribution in [0.15, 0.2) is 84.9 Å². The smallest absolute Gasteiger partial charge is 0.225 e. The molecule has 0 aromatic heterocycles. The van der Waals surface area contributed by atoms with Crippen molar-refractivity contribution in [1.82, 2.24) is 10.2 Å². The lowest BCUT2D eigenvalue weighted by Crippen LogP contribution is -2.47. The zero-order chi connectivity index (χ0) is 21.6. The second-order valence-electron chi connectivity index (χ2n) is 8.21. The van der Waals surface area contributed by atoms with Gasteiger partial charge in [0.1, 0.15) is 0 Å². The third-order valence-electron chi connectivity index (χ3n) is 5.97. The number of hydrogen-bond donors (Lipinski definition) is 1. The van der Waals surface area contributed by atoms with Crippen LogP contribution >= 0.6 is 0 Å². The number of nitrogens with one attached hydrogen (secondary N) is 1. The van der Waals surface area contributed by atoms with Crippen LogP contribution in [0, 0.1) is 12.8 Å². The van der Waals surface area contributed by atoms with Gasteiger partial charge in [-0.05, 0) is 30.0 Å². The van der Waals surface area contributed by atoms with E-state index in [-0.39, 0.29) is 23.8 Å². The van der Waals surface area contributed by atoms with E-state index in [0.29, 0.717) is 25.9 Å². The average molecular weight is 413 g/mol. The molecule has 1 fully saturated rings. The Kier molecular flexibility index (Phi) is 6.46. The fourth-order valence-corrected chi connectivity index (χ4v) is 4.28. The minimum Gasteiger partial charge on any atom is -0.352 e. The van der Waals surface area contributed by atoms with Crippen LogP contribution in [-0.4, -0.2) is 16.7 Å². The molecular formula is C27H28N2O2. The zero-order valence-corrected chi connectivity index (χ0v) is 17.8. The van der Waals surface area contributed by atoms with Gasteiger partial charge in [-0.25, -0.2) is 0 Å². The summed E-state index contributed by atoms with van der Waals surface area (Å²) in [4.78, 5) is 28.1. The summed E-state index contributed by atoms with van der Waals surface area (Å²) < 4.78 is 0. The molecule has 1 aliphatic rings. The zero-order valence-electron chi connectivity index (χ0n) is 17.8. The van der Waals surface area contributed by atoms with E-state index in [1.54, 1.807) is 0 Å². The molecule has 0 unspecified atom stereocenters. The standard InChI is InChI=1S/C27H28N2O2/c1-20-12-14-21(15-13-20)18-28-27(31)24-16-17-25(30)29(19-22-8-4-2-5-9-22)26(24)23-10-6-3-7-11-23/h2-15,24,26H,16-19H2,1H3,(H,28,31)/t24-,26+/m0/s1. The highest BCUT2D eigenvalue weighted by Crippen LogP contribution is 2.38. The fraction of sp³-hybridized carbons (Fsp3) is 0.259. The molecule has 158 valence electrons. The monoisotopic (exact) mass is 412 g/mol. The van der Waals surface area contributed by atoms with E-state index in [4.69, 9.17) is 0 Å². The van der Waals surface area contributed by atoms with E-state index in [1.807, 2.05) is 84.6 Å². The van der Waals surface area contributed by atoms with Crippen molar-refractivity contribution in [2.75, 3.05) is 0 Å². The summed E-state index contributed by atoms with van der Waals surface area (Å²) in [6.45, 7) is 3.04. The van der Waals surface area contributed by atoms with Gasteiger partial charge in [0.05, 0.1) is 12.0 Å². The molecule has 0 saturated carbocycles. The van der Waals surface area contributed by atoms with Crippen molar-refractivity contribution < 1.29 is 9.59 Å². The lowest BCUT2D eigenvalue weighted by Gasteiger charge is -2.41. The predicted molar refractivity (Wildman–Crippen MR) is 122 cm³/mol. The van der Waals surface area contributed by atoms with Gasteiger partial charge < -0.3 is 10.2 Å². The van der Waals surface area contributed by atoms with Crippen molar-refractivity contribution in [2.45, 2.75) is 38.9 Å². The number of aryl methyl sites for hydroxylation is 1. The molecule has 0 aliphatic carbocycles. The number of benzene rings is 3. The van der Waals surface area contributed by atoms with Gasteiger partial charge >= 0.3 is 0 Å². The second-order valence-corrected chi connectivity index (χ2v) is 8.21. The van der Waals surface area contributed by atoms with Crippen LogP contribution in [0.2, 0.25) is 0 Å². The SMILES string of the molecule is Cc1ccc(CNC(=O)[C@H]2CCC(=O)N(Cc3ccccc3)[C@@H]2c2ccccc2)cc1. The van der Waals surface area contributed by atoms with Crippen LogP contribution in [0.25, 0.3) is 0 Å². The van der Waals surface area contributed by atoms with Crippen LogP contribution < -0.4 is 5.32 Å². The maximum absolute atomic E-state index is 13.3. The van der Waals surface area contributed by atoms with Crippen molar-refractivity contribution in [2.24, 2.45) is 5.92 Å². The molecule has 1 heterocycles. The van der Waals surface area contributed by atoms with Gasteiger partial charge in [-0.15, -0.1) is 0 Å². The number of amides is 2. The Morgan fingerprint density at radius 1 is 0.903 bits per heavy atom. The van der Waals surface area contributed by atoms with Gasteiger partial charge in [-0.1, -0.05) is 90.5 Å². The molecular weight excluding hydrogens is 384 g/mol. The summed E-state index contributed by atoms with van der Waals surface area (Å²) in [5.41, 5.74) is 4.34. The minimum absolute atomic E-state index is 0.00000950. The third-order valence-corrected chi connectivity index (χ3v) is 5.97. The van der Waals surface area contributed by atoms with Gasteiger partial charge in [0.15, 0.2) is 0 Å². The highest BCUT2D eigenvalue weighted by atomic mass is 16.2. The lowest BCUT2D eigenvalue weighted by atomic mass is 9.83. The van der Waals surface area contributed by atoms with Gasteiger partial charge in [0, 0.05) is 19.5 Å². The summed E-state index contributed by atoms with van der Waals surface area (Å²) in [6, 6.07) is 27.8. The summed E-state index contributed by atoms with van der Waals surface area (Å²) in [5.74, 6) is -0.186. The minimum atomic E-state index is -0.283. The van der Waals surface area contributed by atoms with Crippen molar-refractivity contribution in [3.63, 3.8) is 0 Å². The van der Waals surface area contributed by atoms with Crippen molar-refractivity contribution >= 4 is 11.8 Å². The largest absolute Gasteiger partial charge is 0.352 e. The Morgan fingerprint density at radius 2 is 1.55 bits per heavy atom. The molecule has 0 spiro atoms. The van der Waals surface area contributed by atoms with Crippen LogP contribution in [0.3, 0.4) is 0 Å². The molecule has 31 heavy (non-hydrogen) atoms. The van der Waals surface area contributed by atoms with Crippen LogP contribution in [0.1, 0.15) is 41.1 Å². The molecule has 2 atom stereocenters. The van der Waals surface area contributed by atoms with Crippen LogP contribution in [0.5, 0.6) is 0 Å². The highest BCUT2D eigenvalue weighted by Gasteiger charge is 2.40. The van der Waals surface area contributed by atoms with Gasteiger partial charge in [0.2, 0.25) is 11.8 Å². The molecule has 0 radical (unpaired) electrons. The molecule has 1 aliphatic heterocycles. The normalized spacial score (nSPS) is 18.6. The molecule has 3 aromatic carbocycles. The van der Waals surface area contributed by atoms with Crippen LogP contribution in [0.4, 0.5) is 0 Å². The number of hydrogen-bond acceptors (Lipinski definition) is 2. The number of piperidine rings is 1. The third kappa shape index (κ3) is 5.02. The van der Waals surface area contributed by atoms with E-state index in [0.717, 1.165) is 16.7 Å². The quantitative estimate of drug-likeness (QED) is 0.633. The Balaban J connectivity index is 1.58. The lowest BCUT2D eigenvalue weighted by molar-refractivity contribution is -0.144. The molecule has 4 heteroatoms. The molecule has 3 aromatic rings. The van der Waals surface area contributed by atoms with Crippen molar-refractivity contribution in [3.05, 3.63) is 107 Å². The van der Waals surface area contributed by atoms with Crippen LogP contribution in [-0.2, 0) is 22.7 Å². The number of carbonyl (C=O) groups excluding carboxylic acids is 2. The van der Waals surface area contributed by atoms with E-state index < -0.39 is 0 Å². The molecule has 2 amide bonds. The van der Waals surface area contributed by atoms with E-state index in [2.05, 4.69) is 17.4 Å². The number of nitrogens with zero attached hydrogens (tertiary/aromatic N) is 1. The molecule has 1 N–H and O–H groups in total. The highest BCUT2D eigenvalue weighted by molar-refractivity contribution is 5.85. The predicted octanol–water partition coefficient (Wildman–Crippen LogP) is 4.79. The number of rotatable bonds is 6. The maximum Gasteiger partial charge on any atom is 0.225 e. The first-order valence-electron chi connectivity index (χ1n) is 10.8. The summed E-state index contributed by atoms with van der Waals surface area (Å²) >= 11 is 0. The first-order valence-corrected chi connectivity index (χ1v) is 10.8. The Hall–Kier alpha value is -3.40. The molecule has 4 nitrogen and oxygen atoms in total. The summed E-state index contributed by atoms with van der Waals surface area (Å²) in [6.07, 6.45) is 0.947. The fourth-order valence-electron chi connectivity index (χ4n) is 4.28. The van der Waals surface area contributed by atoms with Gasteiger partial charge in [-0.3, -0.25) is 9.59 Å². The number of carbonyl (C=O) groups is 2. The van der Waals surface area contributed by atoms with Gasteiger partial charge in [-0.2, -0.15) is 0 Å². The van der Waals surface area contributed by atoms with E-state index in [9.17, 15) is 9.59 Å². The molecule has 1 saturated heterocycles. The summed E-state index contributed by atoms with van der Waals surface area (Å²) in [7, 11) is 0. The first-order chi connectivity index (χ1) is 15.1. The topological polar surface area (TPSA) is 49.4 Å². The Morgan fingerprint density at radius 3 is 2.23 bits per heavy atom. The maximum atomic E-state index is 13.3. The molecule has 0 bridgehead atoms. The average Bonchev–Trinajstić information content (AvgIpc) is 2.81. The Bertz CT molecular complexity index is 1020. The second kappa shape index (κ2) is 9.61. The van der Waals surface area contributed by atoms with Crippen molar-refractivity contribution in [1.29, 1.82) is 0 Å². The van der Waals surface area contributed by atoms with E-state index >= 15 is 0 Å². The van der Waals surface area contributed by atoms with Crippen molar-refractivity contribution in [3.8, 4) is 0 Å².